The molecule has 2 saturated heterocycles. The number of esters is 3. The summed E-state index contributed by atoms with van der Waals surface area (Å²) in [6.07, 6.45) is -1.46. The van der Waals surface area contributed by atoms with Gasteiger partial charge in [-0.25, -0.2) is 0 Å². The first-order valence-corrected chi connectivity index (χ1v) is 11.5. The molecule has 0 aromatic rings. The second kappa shape index (κ2) is 8.06. The van der Waals surface area contributed by atoms with Crippen molar-refractivity contribution in [1.82, 2.24) is 0 Å². The summed E-state index contributed by atoms with van der Waals surface area (Å²) in [7, 11) is 0. The van der Waals surface area contributed by atoms with E-state index < -0.39 is 58.9 Å². The van der Waals surface area contributed by atoms with Crippen LogP contribution in [0, 0.1) is 16.7 Å². The van der Waals surface area contributed by atoms with E-state index in [-0.39, 0.29) is 31.3 Å². The molecule has 2 aliphatic carbocycles. The predicted molar refractivity (Wildman–Crippen MR) is 114 cm³/mol. The minimum absolute atomic E-state index is 0.0617. The number of aliphatic hydroxyl groups is 1. The van der Waals surface area contributed by atoms with Crippen molar-refractivity contribution in [1.29, 1.82) is 0 Å². The maximum absolute atomic E-state index is 12.5. The lowest BCUT2D eigenvalue weighted by Gasteiger charge is -2.58. The highest BCUT2D eigenvalue weighted by atomic mass is 16.7. The number of rotatable bonds is 6. The summed E-state index contributed by atoms with van der Waals surface area (Å²) in [4.78, 5) is 36.4. The molecule has 9 nitrogen and oxygen atoms in total. The van der Waals surface area contributed by atoms with E-state index in [0.717, 1.165) is 5.57 Å². The van der Waals surface area contributed by atoms with E-state index >= 15 is 0 Å². The van der Waals surface area contributed by atoms with Crippen LogP contribution < -0.4 is 0 Å². The maximum atomic E-state index is 12.5. The van der Waals surface area contributed by atoms with Crippen LogP contribution in [0.5, 0.6) is 0 Å². The molecule has 2 bridgehead atoms. The van der Waals surface area contributed by atoms with Crippen molar-refractivity contribution in [3.8, 4) is 0 Å². The van der Waals surface area contributed by atoms with Crippen molar-refractivity contribution < 1.29 is 43.2 Å². The molecule has 1 spiro atoms. The molecule has 0 aromatic carbocycles. The predicted octanol–water partition coefficient (Wildman–Crippen LogP) is 1.69. The van der Waals surface area contributed by atoms with Gasteiger partial charge in [0.2, 0.25) is 0 Å². The average Bonchev–Trinajstić information content (AvgIpc) is 3.48. The van der Waals surface area contributed by atoms with Gasteiger partial charge in [0, 0.05) is 26.7 Å². The number of aliphatic hydroxyl groups excluding tert-OH is 1. The monoisotopic (exact) mass is 466 g/mol. The van der Waals surface area contributed by atoms with Gasteiger partial charge in [-0.1, -0.05) is 26.8 Å². The van der Waals surface area contributed by atoms with E-state index in [2.05, 4.69) is 0 Å². The Morgan fingerprint density at radius 3 is 2.42 bits per heavy atom. The van der Waals surface area contributed by atoms with Crippen LogP contribution in [0.4, 0.5) is 0 Å². The minimum Gasteiger partial charge on any atom is -0.465 e. The van der Waals surface area contributed by atoms with E-state index in [4.69, 9.17) is 23.7 Å². The molecule has 33 heavy (non-hydrogen) atoms. The zero-order valence-corrected chi connectivity index (χ0v) is 20.1. The largest absolute Gasteiger partial charge is 0.465 e. The average molecular weight is 467 g/mol. The zero-order valence-electron chi connectivity index (χ0n) is 20.1. The van der Waals surface area contributed by atoms with E-state index in [0.29, 0.717) is 6.61 Å². The molecule has 2 heterocycles. The molecule has 4 rings (SSSR count). The van der Waals surface area contributed by atoms with E-state index in [1.807, 2.05) is 33.8 Å². The van der Waals surface area contributed by atoms with Crippen LogP contribution in [0.15, 0.2) is 11.6 Å². The van der Waals surface area contributed by atoms with Crippen LogP contribution in [-0.2, 0) is 38.1 Å². The number of carbonyl (C=O) groups excluding carboxylic acids is 3. The molecule has 0 amide bonds. The Kier molecular flexibility index (Phi) is 5.90. The molecular formula is C24H34O9. The third-order valence-electron chi connectivity index (χ3n) is 8.00. The van der Waals surface area contributed by atoms with Crippen molar-refractivity contribution in [3.05, 3.63) is 11.6 Å². The quantitative estimate of drug-likeness (QED) is 0.270. The van der Waals surface area contributed by atoms with Crippen LogP contribution in [0.2, 0.25) is 0 Å². The van der Waals surface area contributed by atoms with Crippen LogP contribution in [0.25, 0.3) is 0 Å². The van der Waals surface area contributed by atoms with Gasteiger partial charge in [0.1, 0.15) is 36.6 Å². The van der Waals surface area contributed by atoms with Gasteiger partial charge in [0.25, 0.3) is 0 Å². The van der Waals surface area contributed by atoms with Gasteiger partial charge < -0.3 is 28.8 Å². The summed E-state index contributed by atoms with van der Waals surface area (Å²) in [6, 6.07) is 0. The van der Waals surface area contributed by atoms with Gasteiger partial charge in [-0.2, -0.15) is 0 Å². The van der Waals surface area contributed by atoms with Crippen molar-refractivity contribution in [2.75, 3.05) is 13.2 Å². The molecule has 184 valence electrons. The Labute approximate surface area is 193 Å². The van der Waals surface area contributed by atoms with Crippen LogP contribution in [-0.4, -0.2) is 72.3 Å². The molecule has 0 aromatic heterocycles. The van der Waals surface area contributed by atoms with Gasteiger partial charge in [-0.15, -0.1) is 0 Å². The van der Waals surface area contributed by atoms with Crippen LogP contribution in [0.3, 0.4) is 0 Å². The third-order valence-corrected chi connectivity index (χ3v) is 8.00. The summed E-state index contributed by atoms with van der Waals surface area (Å²) in [6.45, 7) is 10.5. The normalized spacial score (nSPS) is 43.0. The van der Waals surface area contributed by atoms with Gasteiger partial charge in [-0.05, 0) is 18.4 Å². The number of hydrogen-bond donors (Lipinski definition) is 1. The second-order valence-corrected chi connectivity index (χ2v) is 10.5. The SMILES string of the molecule is CC(=O)OC[C@@]12C[C@H](OC(=O)CC(C)C)C(C)=C[C@@H]1O[C@H]1[C@@H](O)[C@@H](OC(C)=O)[C@]2(C)[C@]12CO2. The van der Waals surface area contributed by atoms with Gasteiger partial charge in [-0.3, -0.25) is 14.4 Å². The van der Waals surface area contributed by atoms with Gasteiger partial charge >= 0.3 is 17.9 Å². The third kappa shape index (κ3) is 3.51. The van der Waals surface area contributed by atoms with Crippen LogP contribution in [0.1, 0.15) is 54.4 Å². The van der Waals surface area contributed by atoms with Crippen molar-refractivity contribution >= 4 is 17.9 Å². The van der Waals surface area contributed by atoms with E-state index in [1.54, 1.807) is 0 Å². The van der Waals surface area contributed by atoms with E-state index in [1.165, 1.54) is 13.8 Å². The smallest absolute Gasteiger partial charge is 0.306 e. The number of hydrogen-bond acceptors (Lipinski definition) is 9. The molecule has 1 saturated carbocycles. The molecule has 1 N–H and O–H groups in total. The summed E-state index contributed by atoms with van der Waals surface area (Å²) >= 11 is 0. The van der Waals surface area contributed by atoms with Crippen molar-refractivity contribution in [2.45, 2.75) is 90.5 Å². The lowest BCUT2D eigenvalue weighted by Crippen LogP contribution is -2.68. The molecular weight excluding hydrogens is 432 g/mol. The highest BCUT2D eigenvalue weighted by molar-refractivity contribution is 5.70. The number of fused-ring (bicyclic) bond motifs is 2. The number of ether oxygens (including phenoxy) is 5. The second-order valence-electron chi connectivity index (χ2n) is 10.5. The highest BCUT2D eigenvalue weighted by Gasteiger charge is 2.86. The lowest BCUT2D eigenvalue weighted by atomic mass is 9.51. The Morgan fingerprint density at radius 2 is 1.88 bits per heavy atom. The summed E-state index contributed by atoms with van der Waals surface area (Å²) < 4.78 is 29.4. The first-order valence-electron chi connectivity index (χ1n) is 11.5. The summed E-state index contributed by atoms with van der Waals surface area (Å²) in [5.74, 6) is -1.18. The number of epoxide rings is 1. The topological polar surface area (TPSA) is 121 Å². The van der Waals surface area contributed by atoms with Crippen molar-refractivity contribution in [3.63, 3.8) is 0 Å². The van der Waals surface area contributed by atoms with E-state index in [9.17, 15) is 19.5 Å². The molecule has 0 unspecified atom stereocenters. The molecule has 0 radical (unpaired) electrons. The fourth-order valence-electron chi connectivity index (χ4n) is 6.26. The van der Waals surface area contributed by atoms with Gasteiger partial charge in [0.05, 0.1) is 23.5 Å². The lowest BCUT2D eigenvalue weighted by molar-refractivity contribution is -0.241. The maximum Gasteiger partial charge on any atom is 0.306 e. The van der Waals surface area contributed by atoms with Gasteiger partial charge in [0.15, 0.2) is 0 Å². The number of carbonyl (C=O) groups is 3. The Morgan fingerprint density at radius 1 is 1.21 bits per heavy atom. The Balaban J connectivity index is 1.79. The summed E-state index contributed by atoms with van der Waals surface area (Å²) in [5.41, 5.74) is -2.00. The minimum atomic E-state index is -1.11. The fourth-order valence-corrected chi connectivity index (χ4v) is 6.26. The highest BCUT2D eigenvalue weighted by Crippen LogP contribution is 2.72. The standard InChI is InChI=1S/C24H34O9/c1-12(2)7-18(27)32-16-9-23(10-29-14(4)25)17(8-13(16)3)33-21-19(28)20(31-15(5)26)22(23,6)24(21)11-30-24/h8,12,16-17,19-21,28H,7,9-11H2,1-6H3/t16-,17-,19-,20+,21-,22-,23-,24-/m0/s1. The summed E-state index contributed by atoms with van der Waals surface area (Å²) in [5, 5.41) is 11.2. The molecule has 2 aliphatic heterocycles. The Hall–Kier alpha value is -1.97. The van der Waals surface area contributed by atoms with Crippen LogP contribution >= 0.6 is 0 Å². The fraction of sp³-hybridized carbons (Fsp3) is 0.792. The Bertz CT molecular complexity index is 875. The molecule has 9 heteroatoms. The zero-order chi connectivity index (χ0) is 24.3. The molecule has 8 atom stereocenters. The first kappa shape index (κ1) is 24.2. The van der Waals surface area contributed by atoms with Crippen molar-refractivity contribution in [2.24, 2.45) is 16.7 Å². The molecule has 4 aliphatic rings. The first-order chi connectivity index (χ1) is 15.4. The molecule has 3 fully saturated rings.